The molecule has 0 radical (unpaired) electrons. The maximum atomic E-state index is 5.49. The van der Waals surface area contributed by atoms with Gasteiger partial charge in [0.05, 0.1) is 33.0 Å². The number of rotatable bonds is 11. The summed E-state index contributed by atoms with van der Waals surface area (Å²) < 4.78 is 16.8. The molecule has 1 aromatic rings. The Morgan fingerprint density at radius 1 is 1.05 bits per heavy atom. The second-order valence-electron chi connectivity index (χ2n) is 4.41. The summed E-state index contributed by atoms with van der Waals surface area (Å²) in [6.07, 6.45) is 0. The van der Waals surface area contributed by atoms with E-state index >= 15 is 0 Å². The summed E-state index contributed by atoms with van der Waals surface area (Å²) in [4.78, 5) is 0. The molecule has 0 spiro atoms. The number of hydrogen-bond acceptors (Lipinski definition) is 4. The predicted octanol–water partition coefficient (Wildman–Crippen LogP) is 2.78. The zero-order valence-corrected chi connectivity index (χ0v) is 13.8. The molecule has 1 atom stereocenters. The van der Waals surface area contributed by atoms with Gasteiger partial charge in [0.2, 0.25) is 0 Å². The molecule has 0 unspecified atom stereocenters. The van der Waals surface area contributed by atoms with Crippen LogP contribution in [-0.4, -0.2) is 46.7 Å². The standard InChI is InChI=1S/C15H24BrNO3/c1-13(14-5-3-4-6-15(14)16)17-7-8-19-11-12-20-10-9-18-2/h3-6,13,17H,7-12H2,1-2H3/t13-/m1/s1. The lowest BCUT2D eigenvalue weighted by Crippen LogP contribution is -2.24. The Hall–Kier alpha value is -0.460. The summed E-state index contributed by atoms with van der Waals surface area (Å²) in [6.45, 7) is 6.14. The minimum Gasteiger partial charge on any atom is -0.382 e. The zero-order valence-electron chi connectivity index (χ0n) is 12.2. The lowest BCUT2D eigenvalue weighted by Gasteiger charge is -2.15. The van der Waals surface area contributed by atoms with Gasteiger partial charge in [0.15, 0.2) is 0 Å². The summed E-state index contributed by atoms with van der Waals surface area (Å²) in [5.74, 6) is 0. The van der Waals surface area contributed by atoms with E-state index in [1.54, 1.807) is 7.11 Å². The molecule has 0 aliphatic carbocycles. The first-order valence-corrected chi connectivity index (χ1v) is 7.67. The van der Waals surface area contributed by atoms with E-state index in [-0.39, 0.29) is 0 Å². The quantitative estimate of drug-likeness (QED) is 0.626. The Morgan fingerprint density at radius 2 is 1.70 bits per heavy atom. The van der Waals surface area contributed by atoms with Crippen LogP contribution < -0.4 is 5.32 Å². The lowest BCUT2D eigenvalue weighted by atomic mass is 10.1. The molecule has 0 aliphatic heterocycles. The fraction of sp³-hybridized carbons (Fsp3) is 0.600. The molecule has 0 aromatic heterocycles. The van der Waals surface area contributed by atoms with Gasteiger partial charge >= 0.3 is 0 Å². The first-order chi connectivity index (χ1) is 9.75. The van der Waals surface area contributed by atoms with Crippen molar-refractivity contribution in [2.45, 2.75) is 13.0 Å². The van der Waals surface area contributed by atoms with E-state index in [0.29, 0.717) is 39.1 Å². The zero-order chi connectivity index (χ0) is 14.6. The predicted molar refractivity (Wildman–Crippen MR) is 84.1 cm³/mol. The molecule has 0 bridgehead atoms. The molecule has 0 saturated carbocycles. The number of hydrogen-bond donors (Lipinski definition) is 1. The van der Waals surface area contributed by atoms with Crippen molar-refractivity contribution < 1.29 is 14.2 Å². The van der Waals surface area contributed by atoms with Crippen LogP contribution in [0.1, 0.15) is 18.5 Å². The first kappa shape index (κ1) is 17.6. The van der Waals surface area contributed by atoms with Gasteiger partial charge in [-0.25, -0.2) is 0 Å². The second-order valence-corrected chi connectivity index (χ2v) is 5.27. The Kier molecular flexibility index (Phi) is 9.87. The molecule has 4 nitrogen and oxygen atoms in total. The molecule has 5 heteroatoms. The van der Waals surface area contributed by atoms with E-state index in [2.05, 4.69) is 40.3 Å². The highest BCUT2D eigenvalue weighted by atomic mass is 79.9. The molecule has 1 N–H and O–H groups in total. The summed E-state index contributed by atoms with van der Waals surface area (Å²) in [6, 6.07) is 8.54. The Labute approximate surface area is 129 Å². The van der Waals surface area contributed by atoms with Crippen LogP contribution in [0.5, 0.6) is 0 Å². The Bertz CT molecular complexity index is 363. The van der Waals surface area contributed by atoms with Gasteiger partial charge in [-0.1, -0.05) is 34.1 Å². The van der Waals surface area contributed by atoms with E-state index in [0.717, 1.165) is 11.0 Å². The third-order valence-corrected chi connectivity index (χ3v) is 3.59. The topological polar surface area (TPSA) is 39.7 Å². The van der Waals surface area contributed by atoms with Gasteiger partial charge in [-0.05, 0) is 18.6 Å². The van der Waals surface area contributed by atoms with Gasteiger partial charge in [-0.2, -0.15) is 0 Å². The Balaban J connectivity index is 2.03. The maximum absolute atomic E-state index is 5.49. The highest BCUT2D eigenvalue weighted by molar-refractivity contribution is 9.10. The highest BCUT2D eigenvalue weighted by Gasteiger charge is 2.07. The van der Waals surface area contributed by atoms with Crippen LogP contribution in [0, 0.1) is 0 Å². The van der Waals surface area contributed by atoms with Crippen molar-refractivity contribution >= 4 is 15.9 Å². The fourth-order valence-corrected chi connectivity index (χ4v) is 2.38. The number of ether oxygens (including phenoxy) is 3. The largest absolute Gasteiger partial charge is 0.382 e. The van der Waals surface area contributed by atoms with Gasteiger partial charge in [-0.3, -0.25) is 0 Å². The third kappa shape index (κ3) is 7.36. The van der Waals surface area contributed by atoms with Gasteiger partial charge in [-0.15, -0.1) is 0 Å². The van der Waals surface area contributed by atoms with E-state index in [1.807, 2.05) is 12.1 Å². The van der Waals surface area contributed by atoms with E-state index in [9.17, 15) is 0 Å². The van der Waals surface area contributed by atoms with Crippen molar-refractivity contribution in [1.82, 2.24) is 5.32 Å². The maximum Gasteiger partial charge on any atom is 0.0701 e. The Morgan fingerprint density at radius 3 is 2.40 bits per heavy atom. The number of halogens is 1. The van der Waals surface area contributed by atoms with Crippen LogP contribution in [-0.2, 0) is 14.2 Å². The van der Waals surface area contributed by atoms with Gasteiger partial charge < -0.3 is 19.5 Å². The van der Waals surface area contributed by atoms with Crippen LogP contribution in [0.15, 0.2) is 28.7 Å². The molecular formula is C15H24BrNO3. The van der Waals surface area contributed by atoms with Crippen molar-refractivity contribution in [1.29, 1.82) is 0 Å². The van der Waals surface area contributed by atoms with Crippen LogP contribution in [0.4, 0.5) is 0 Å². The van der Waals surface area contributed by atoms with Crippen LogP contribution >= 0.6 is 15.9 Å². The molecule has 1 rings (SSSR count). The molecule has 1 aromatic carbocycles. The molecule has 0 aliphatic rings. The minimum absolute atomic E-state index is 0.298. The van der Waals surface area contributed by atoms with Crippen molar-refractivity contribution in [2.24, 2.45) is 0 Å². The monoisotopic (exact) mass is 345 g/mol. The smallest absolute Gasteiger partial charge is 0.0701 e. The average Bonchev–Trinajstić information content (AvgIpc) is 2.46. The average molecular weight is 346 g/mol. The molecule has 20 heavy (non-hydrogen) atoms. The summed E-state index contributed by atoms with van der Waals surface area (Å²) in [5.41, 5.74) is 1.26. The van der Waals surface area contributed by atoms with Crippen molar-refractivity contribution in [2.75, 3.05) is 46.7 Å². The van der Waals surface area contributed by atoms with Crippen molar-refractivity contribution in [3.8, 4) is 0 Å². The summed E-state index contributed by atoms with van der Waals surface area (Å²) in [7, 11) is 1.66. The summed E-state index contributed by atoms with van der Waals surface area (Å²) in [5, 5.41) is 3.44. The SMILES string of the molecule is COCCOCCOCCN[C@H](C)c1ccccc1Br. The van der Waals surface area contributed by atoms with Gasteiger partial charge in [0, 0.05) is 24.2 Å². The molecule has 0 fully saturated rings. The second kappa shape index (κ2) is 11.2. The van der Waals surface area contributed by atoms with Crippen LogP contribution in [0.25, 0.3) is 0 Å². The van der Waals surface area contributed by atoms with E-state index < -0.39 is 0 Å². The minimum atomic E-state index is 0.298. The first-order valence-electron chi connectivity index (χ1n) is 6.88. The lowest BCUT2D eigenvalue weighted by molar-refractivity contribution is 0.0253. The van der Waals surface area contributed by atoms with Gasteiger partial charge in [0.1, 0.15) is 0 Å². The third-order valence-electron chi connectivity index (χ3n) is 2.87. The number of methoxy groups -OCH3 is 1. The number of benzene rings is 1. The highest BCUT2D eigenvalue weighted by Crippen LogP contribution is 2.22. The fourth-order valence-electron chi connectivity index (χ4n) is 1.75. The molecule has 114 valence electrons. The van der Waals surface area contributed by atoms with Crippen LogP contribution in [0.3, 0.4) is 0 Å². The van der Waals surface area contributed by atoms with Crippen LogP contribution in [0.2, 0.25) is 0 Å². The van der Waals surface area contributed by atoms with Gasteiger partial charge in [0.25, 0.3) is 0 Å². The van der Waals surface area contributed by atoms with E-state index in [4.69, 9.17) is 14.2 Å². The summed E-state index contributed by atoms with van der Waals surface area (Å²) >= 11 is 3.56. The van der Waals surface area contributed by atoms with E-state index in [1.165, 1.54) is 5.56 Å². The van der Waals surface area contributed by atoms with Crippen molar-refractivity contribution in [3.05, 3.63) is 34.3 Å². The molecule has 0 amide bonds. The van der Waals surface area contributed by atoms with Crippen molar-refractivity contribution in [3.63, 3.8) is 0 Å². The number of nitrogens with one attached hydrogen (secondary N) is 1. The normalized spacial score (nSPS) is 12.6. The molecule has 0 heterocycles. The molecular weight excluding hydrogens is 322 g/mol. The molecule has 0 saturated heterocycles.